The molecule has 0 unspecified atom stereocenters. The van der Waals surface area contributed by atoms with Gasteiger partial charge in [-0.1, -0.05) is 31.6 Å². The predicted molar refractivity (Wildman–Crippen MR) is 106 cm³/mol. The van der Waals surface area contributed by atoms with Crippen LogP contribution in [0.5, 0.6) is 6.08 Å². The van der Waals surface area contributed by atoms with E-state index in [2.05, 4.69) is 37.9 Å². The average molecular weight is 368 g/mol. The van der Waals surface area contributed by atoms with Crippen LogP contribution >= 0.6 is 0 Å². The van der Waals surface area contributed by atoms with Crippen molar-refractivity contribution in [2.45, 2.75) is 54.0 Å². The highest BCUT2D eigenvalue weighted by atomic mass is 16.6. The summed E-state index contributed by atoms with van der Waals surface area (Å²) in [5.41, 5.74) is 4.71. The number of benzene rings is 1. The Kier molecular flexibility index (Phi) is 5.13. The number of amides is 1. The SMILES string of the molecule is CC1=CC(N(C(=O)COc2nc3cc(C)ccc3o2)C(C)C)=CC(C)(C)C1. The number of fused-ring (bicyclic) bond motifs is 1. The van der Waals surface area contributed by atoms with Crippen molar-refractivity contribution in [1.29, 1.82) is 0 Å². The highest BCUT2D eigenvalue weighted by Crippen LogP contribution is 2.34. The number of carbonyl (C=O) groups excluding carboxylic acids is 1. The molecular weight excluding hydrogens is 340 g/mol. The molecule has 5 nitrogen and oxygen atoms in total. The van der Waals surface area contributed by atoms with Gasteiger partial charge in [0.25, 0.3) is 5.91 Å². The lowest BCUT2D eigenvalue weighted by molar-refractivity contribution is -0.133. The zero-order valence-corrected chi connectivity index (χ0v) is 17.0. The first-order valence-corrected chi connectivity index (χ1v) is 9.37. The highest BCUT2D eigenvalue weighted by Gasteiger charge is 2.27. The van der Waals surface area contributed by atoms with E-state index in [1.807, 2.05) is 39.0 Å². The molecule has 0 saturated heterocycles. The molecular formula is C22H28N2O3. The topological polar surface area (TPSA) is 55.6 Å². The smallest absolute Gasteiger partial charge is 0.395 e. The molecule has 3 rings (SSSR count). The van der Waals surface area contributed by atoms with Crippen LogP contribution in [0.1, 0.15) is 46.6 Å². The van der Waals surface area contributed by atoms with E-state index in [-0.39, 0.29) is 30.0 Å². The van der Waals surface area contributed by atoms with Crippen molar-refractivity contribution in [3.63, 3.8) is 0 Å². The lowest BCUT2D eigenvalue weighted by atomic mass is 9.81. The first kappa shape index (κ1) is 19.2. The Morgan fingerprint density at radius 1 is 1.33 bits per heavy atom. The standard InChI is InChI=1S/C22H28N2O3/c1-14(2)24(17-9-16(4)11-22(5,6)12-17)20(25)13-26-21-23-18-10-15(3)7-8-19(18)27-21/h7-10,12,14H,11,13H2,1-6H3. The molecule has 0 bridgehead atoms. The molecule has 0 saturated carbocycles. The fourth-order valence-corrected chi connectivity index (χ4v) is 3.66. The molecule has 27 heavy (non-hydrogen) atoms. The van der Waals surface area contributed by atoms with E-state index in [9.17, 15) is 4.79 Å². The second kappa shape index (κ2) is 7.22. The van der Waals surface area contributed by atoms with Crippen LogP contribution in [0.3, 0.4) is 0 Å². The molecule has 144 valence electrons. The molecule has 0 N–H and O–H groups in total. The first-order valence-electron chi connectivity index (χ1n) is 9.37. The van der Waals surface area contributed by atoms with Crippen molar-refractivity contribution in [3.05, 3.63) is 47.2 Å². The number of carbonyl (C=O) groups is 1. The largest absolute Gasteiger partial charge is 0.440 e. The normalized spacial score (nSPS) is 16.3. The van der Waals surface area contributed by atoms with Crippen LogP contribution in [0, 0.1) is 12.3 Å². The van der Waals surface area contributed by atoms with Crippen LogP contribution in [-0.4, -0.2) is 28.4 Å². The minimum absolute atomic E-state index is 0.0246. The number of oxazole rings is 1. The van der Waals surface area contributed by atoms with Gasteiger partial charge < -0.3 is 14.1 Å². The molecule has 0 spiro atoms. The van der Waals surface area contributed by atoms with E-state index in [0.29, 0.717) is 5.58 Å². The van der Waals surface area contributed by atoms with Crippen LogP contribution in [0.2, 0.25) is 0 Å². The third-order valence-corrected chi connectivity index (χ3v) is 4.57. The summed E-state index contributed by atoms with van der Waals surface area (Å²) in [6.07, 6.45) is 5.37. The Morgan fingerprint density at radius 2 is 2.07 bits per heavy atom. The molecule has 0 radical (unpaired) electrons. The van der Waals surface area contributed by atoms with Gasteiger partial charge in [-0.05, 0) is 63.3 Å². The molecule has 0 fully saturated rings. The first-order chi connectivity index (χ1) is 12.6. The summed E-state index contributed by atoms with van der Waals surface area (Å²) in [5.74, 6) is -0.114. The average Bonchev–Trinajstić information content (AvgIpc) is 2.92. The number of ether oxygens (including phenoxy) is 1. The maximum absolute atomic E-state index is 12.9. The Labute approximate surface area is 160 Å². The van der Waals surface area contributed by atoms with E-state index in [1.54, 1.807) is 4.90 Å². The van der Waals surface area contributed by atoms with E-state index in [1.165, 1.54) is 5.57 Å². The van der Waals surface area contributed by atoms with Gasteiger partial charge in [0.05, 0.1) is 0 Å². The van der Waals surface area contributed by atoms with Crippen molar-refractivity contribution in [2.75, 3.05) is 6.61 Å². The van der Waals surface area contributed by atoms with Gasteiger partial charge in [-0.25, -0.2) is 0 Å². The van der Waals surface area contributed by atoms with Crippen LogP contribution in [0.15, 0.2) is 46.0 Å². The van der Waals surface area contributed by atoms with E-state index < -0.39 is 0 Å². The van der Waals surface area contributed by atoms with Crippen LogP contribution in [0.25, 0.3) is 11.1 Å². The second-order valence-electron chi connectivity index (χ2n) is 8.32. The molecule has 2 aromatic rings. The van der Waals surface area contributed by atoms with E-state index in [0.717, 1.165) is 23.2 Å². The van der Waals surface area contributed by atoms with Crippen molar-refractivity contribution in [3.8, 4) is 6.08 Å². The molecule has 0 atom stereocenters. The fraction of sp³-hybridized carbons (Fsp3) is 0.455. The maximum Gasteiger partial charge on any atom is 0.395 e. The van der Waals surface area contributed by atoms with Gasteiger partial charge in [0.1, 0.15) is 5.52 Å². The molecule has 1 aromatic carbocycles. The van der Waals surface area contributed by atoms with Crippen LogP contribution in [-0.2, 0) is 4.79 Å². The van der Waals surface area contributed by atoms with Gasteiger partial charge in [0.15, 0.2) is 12.2 Å². The second-order valence-corrected chi connectivity index (χ2v) is 8.32. The summed E-state index contributed by atoms with van der Waals surface area (Å²) in [5, 5.41) is 0. The molecule has 1 heterocycles. The minimum atomic E-state index is -0.116. The van der Waals surface area contributed by atoms with Gasteiger partial charge in [-0.3, -0.25) is 4.79 Å². The van der Waals surface area contributed by atoms with Crippen LogP contribution < -0.4 is 4.74 Å². The number of nitrogens with zero attached hydrogens (tertiary/aromatic N) is 2. The summed E-state index contributed by atoms with van der Waals surface area (Å²) < 4.78 is 11.2. The van der Waals surface area contributed by atoms with Gasteiger partial charge in [-0.2, -0.15) is 4.98 Å². The molecule has 1 aliphatic carbocycles. The number of rotatable bonds is 5. The number of hydrogen-bond acceptors (Lipinski definition) is 4. The summed E-state index contributed by atoms with van der Waals surface area (Å²) in [6.45, 7) is 12.4. The van der Waals surface area contributed by atoms with Crippen molar-refractivity contribution < 1.29 is 13.9 Å². The van der Waals surface area contributed by atoms with Crippen molar-refractivity contribution >= 4 is 17.0 Å². The van der Waals surface area contributed by atoms with Gasteiger partial charge in [-0.15, -0.1) is 0 Å². The molecule has 1 aliphatic rings. The maximum atomic E-state index is 12.9. The Morgan fingerprint density at radius 3 is 2.74 bits per heavy atom. The number of hydrogen-bond donors (Lipinski definition) is 0. The van der Waals surface area contributed by atoms with Crippen LogP contribution in [0.4, 0.5) is 0 Å². The number of allylic oxidation sites excluding steroid dienone is 3. The minimum Gasteiger partial charge on any atom is -0.440 e. The van der Waals surface area contributed by atoms with Gasteiger partial charge in [0, 0.05) is 11.7 Å². The predicted octanol–water partition coefficient (Wildman–Crippen LogP) is 5.01. The Hall–Kier alpha value is -2.56. The third-order valence-electron chi connectivity index (χ3n) is 4.57. The quantitative estimate of drug-likeness (QED) is 0.744. The molecule has 1 aromatic heterocycles. The summed E-state index contributed by atoms with van der Waals surface area (Å²) in [7, 11) is 0. The highest BCUT2D eigenvalue weighted by molar-refractivity contribution is 5.80. The molecule has 5 heteroatoms. The molecule has 1 amide bonds. The Bertz CT molecular complexity index is 919. The monoisotopic (exact) mass is 368 g/mol. The van der Waals surface area contributed by atoms with E-state index in [4.69, 9.17) is 9.15 Å². The van der Waals surface area contributed by atoms with E-state index >= 15 is 0 Å². The van der Waals surface area contributed by atoms with Crippen molar-refractivity contribution in [2.24, 2.45) is 5.41 Å². The van der Waals surface area contributed by atoms with Gasteiger partial charge >= 0.3 is 6.08 Å². The Balaban J connectivity index is 1.76. The van der Waals surface area contributed by atoms with Gasteiger partial charge in [0.2, 0.25) is 0 Å². The zero-order chi connectivity index (χ0) is 19.8. The lowest BCUT2D eigenvalue weighted by Gasteiger charge is -2.34. The summed E-state index contributed by atoms with van der Waals surface area (Å²) >= 11 is 0. The fourth-order valence-electron chi connectivity index (χ4n) is 3.66. The summed E-state index contributed by atoms with van der Waals surface area (Å²) in [6, 6.07) is 5.76. The molecule has 0 aliphatic heterocycles. The number of aryl methyl sites for hydroxylation is 1. The van der Waals surface area contributed by atoms with Crippen molar-refractivity contribution in [1.82, 2.24) is 9.88 Å². The zero-order valence-electron chi connectivity index (χ0n) is 17.0. The summed E-state index contributed by atoms with van der Waals surface area (Å²) in [4.78, 5) is 19.0. The third kappa shape index (κ3) is 4.41. The lowest BCUT2D eigenvalue weighted by Crippen LogP contribution is -2.40. The number of aromatic nitrogens is 1.